The summed E-state index contributed by atoms with van der Waals surface area (Å²) in [6.45, 7) is 7.85. The van der Waals surface area contributed by atoms with Crippen LogP contribution in [0.5, 0.6) is 0 Å². The number of nitrogens with zero attached hydrogens (tertiary/aromatic N) is 3. The second-order valence-electron chi connectivity index (χ2n) is 7.78. The Morgan fingerprint density at radius 1 is 1.22 bits per heavy atom. The van der Waals surface area contributed by atoms with Gasteiger partial charge in [0, 0.05) is 45.0 Å². The fraction of sp³-hybridized carbons (Fsp3) is 0.650. The number of likely N-dealkylation sites (N-methyl/N-ethyl adjacent to an activating group) is 1. The number of hydrogen-bond donors (Lipinski definition) is 2. The van der Waals surface area contributed by atoms with E-state index < -0.39 is 0 Å². The Bertz CT molecular complexity index is 619. The van der Waals surface area contributed by atoms with Crippen molar-refractivity contribution in [3.63, 3.8) is 0 Å². The molecule has 1 aromatic carbocycles. The number of aliphatic hydroxyl groups is 1. The van der Waals surface area contributed by atoms with Gasteiger partial charge < -0.3 is 25.1 Å². The largest absolute Gasteiger partial charge is 0.394 e. The quantitative estimate of drug-likeness (QED) is 0.822. The van der Waals surface area contributed by atoms with Gasteiger partial charge in [-0.25, -0.2) is 9.18 Å². The molecule has 3 atom stereocenters. The van der Waals surface area contributed by atoms with Gasteiger partial charge in [-0.3, -0.25) is 0 Å². The number of hydrogen-bond acceptors (Lipinski definition) is 4. The number of rotatable bonds is 5. The van der Waals surface area contributed by atoms with E-state index in [0.717, 1.165) is 39.1 Å². The summed E-state index contributed by atoms with van der Waals surface area (Å²) in [5, 5.41) is 12.9. The number of amides is 2. The Hall–Kier alpha value is -1.70. The average Bonchev–Trinajstić information content (AvgIpc) is 3.03. The summed E-state index contributed by atoms with van der Waals surface area (Å²) in [6.07, 6.45) is 0.981. The van der Waals surface area contributed by atoms with Crippen molar-refractivity contribution in [3.8, 4) is 0 Å². The van der Waals surface area contributed by atoms with Crippen LogP contribution in [0.1, 0.15) is 13.3 Å². The lowest BCUT2D eigenvalue weighted by atomic mass is 9.88. The van der Waals surface area contributed by atoms with Crippen molar-refractivity contribution in [2.75, 3.05) is 58.2 Å². The first-order chi connectivity index (χ1) is 13.0. The number of anilines is 1. The molecule has 2 saturated heterocycles. The van der Waals surface area contributed by atoms with Gasteiger partial charge in [-0.2, -0.15) is 0 Å². The molecule has 1 aromatic rings. The minimum Gasteiger partial charge on any atom is -0.394 e. The van der Waals surface area contributed by atoms with Gasteiger partial charge in [0.15, 0.2) is 0 Å². The lowest BCUT2D eigenvalue weighted by Crippen LogP contribution is -2.49. The van der Waals surface area contributed by atoms with Crippen molar-refractivity contribution in [2.45, 2.75) is 19.4 Å². The molecule has 0 saturated carbocycles. The van der Waals surface area contributed by atoms with Gasteiger partial charge in [-0.1, -0.05) is 13.3 Å². The summed E-state index contributed by atoms with van der Waals surface area (Å²) in [5.74, 6) is 0.309. The molecule has 2 fully saturated rings. The molecule has 0 bridgehead atoms. The molecule has 6 nitrogen and oxygen atoms in total. The monoisotopic (exact) mass is 378 g/mol. The highest BCUT2D eigenvalue weighted by atomic mass is 19.1. The summed E-state index contributed by atoms with van der Waals surface area (Å²) >= 11 is 0. The Balaban J connectivity index is 1.66. The lowest BCUT2D eigenvalue weighted by Gasteiger charge is -2.36. The molecule has 150 valence electrons. The average molecular weight is 378 g/mol. The van der Waals surface area contributed by atoms with Crippen molar-refractivity contribution in [3.05, 3.63) is 30.1 Å². The van der Waals surface area contributed by atoms with E-state index >= 15 is 0 Å². The molecule has 2 amide bonds. The van der Waals surface area contributed by atoms with E-state index in [4.69, 9.17) is 0 Å². The number of likely N-dealkylation sites (tertiary alicyclic amines) is 1. The van der Waals surface area contributed by atoms with E-state index in [-0.39, 0.29) is 30.4 Å². The van der Waals surface area contributed by atoms with Gasteiger partial charge in [-0.15, -0.1) is 0 Å². The van der Waals surface area contributed by atoms with Gasteiger partial charge >= 0.3 is 6.03 Å². The first-order valence-electron chi connectivity index (χ1n) is 9.86. The van der Waals surface area contributed by atoms with Crippen LogP contribution >= 0.6 is 0 Å². The standard InChI is InChI=1S/C20H31FN4O2/c1-3-15-12-25(20(27)22-17-6-4-16(21)5-7-17)19(14-26)18(15)13-24-10-8-23(2)9-11-24/h4-7,15,18-19,26H,3,8-14H2,1-2H3,(H,22,27)/t15-,18-,19-/m1/s1. The van der Waals surface area contributed by atoms with Crippen LogP contribution in [0.25, 0.3) is 0 Å². The lowest BCUT2D eigenvalue weighted by molar-refractivity contribution is 0.0967. The number of carbonyl (C=O) groups is 1. The number of benzene rings is 1. The zero-order chi connectivity index (χ0) is 19.4. The topological polar surface area (TPSA) is 59.1 Å². The Labute approximate surface area is 160 Å². The van der Waals surface area contributed by atoms with Gasteiger partial charge in [-0.05, 0) is 43.1 Å². The zero-order valence-electron chi connectivity index (χ0n) is 16.3. The number of piperazine rings is 1. The number of aliphatic hydroxyl groups excluding tert-OH is 1. The maximum absolute atomic E-state index is 13.1. The molecule has 27 heavy (non-hydrogen) atoms. The van der Waals surface area contributed by atoms with E-state index in [9.17, 15) is 14.3 Å². The fourth-order valence-electron chi connectivity index (χ4n) is 4.30. The van der Waals surface area contributed by atoms with Crippen LogP contribution in [-0.4, -0.2) is 84.8 Å². The molecular weight excluding hydrogens is 347 g/mol. The van der Waals surface area contributed by atoms with Crippen molar-refractivity contribution in [1.82, 2.24) is 14.7 Å². The summed E-state index contributed by atoms with van der Waals surface area (Å²) < 4.78 is 13.1. The van der Waals surface area contributed by atoms with Crippen LogP contribution in [-0.2, 0) is 0 Å². The van der Waals surface area contributed by atoms with Gasteiger partial charge in [0.1, 0.15) is 5.82 Å². The molecule has 0 unspecified atom stereocenters. The minimum atomic E-state index is -0.333. The molecule has 0 aromatic heterocycles. The van der Waals surface area contributed by atoms with Crippen molar-refractivity contribution < 1.29 is 14.3 Å². The number of carbonyl (C=O) groups excluding carboxylic acids is 1. The van der Waals surface area contributed by atoms with E-state index in [1.165, 1.54) is 12.1 Å². The highest BCUT2D eigenvalue weighted by molar-refractivity contribution is 5.89. The van der Waals surface area contributed by atoms with E-state index in [2.05, 4.69) is 29.1 Å². The second-order valence-corrected chi connectivity index (χ2v) is 7.78. The Morgan fingerprint density at radius 3 is 2.48 bits per heavy atom. The Kier molecular flexibility index (Phi) is 6.68. The maximum Gasteiger partial charge on any atom is 0.322 e. The SMILES string of the molecule is CC[C@@H]1CN(C(=O)Nc2ccc(F)cc2)[C@H](CO)[C@@H]1CN1CCN(C)CC1. The summed E-state index contributed by atoms with van der Waals surface area (Å²) in [4.78, 5) is 19.3. The summed E-state index contributed by atoms with van der Waals surface area (Å²) in [6, 6.07) is 5.35. The second kappa shape index (κ2) is 8.99. The van der Waals surface area contributed by atoms with E-state index in [1.54, 1.807) is 17.0 Å². The molecule has 2 heterocycles. The van der Waals surface area contributed by atoms with Crippen LogP contribution in [0.15, 0.2) is 24.3 Å². The van der Waals surface area contributed by atoms with Crippen molar-refractivity contribution in [2.24, 2.45) is 11.8 Å². The van der Waals surface area contributed by atoms with Gasteiger partial charge in [0.2, 0.25) is 0 Å². The predicted octanol–water partition coefficient (Wildman–Crippen LogP) is 1.92. The molecule has 2 aliphatic rings. The van der Waals surface area contributed by atoms with Crippen LogP contribution in [0.4, 0.5) is 14.9 Å². The fourth-order valence-corrected chi connectivity index (χ4v) is 4.30. The minimum absolute atomic E-state index is 0.0360. The molecule has 0 spiro atoms. The smallest absolute Gasteiger partial charge is 0.322 e. The Morgan fingerprint density at radius 2 is 1.89 bits per heavy atom. The summed E-state index contributed by atoms with van der Waals surface area (Å²) in [5.41, 5.74) is 0.564. The van der Waals surface area contributed by atoms with E-state index in [0.29, 0.717) is 18.2 Å². The number of nitrogens with one attached hydrogen (secondary N) is 1. The van der Waals surface area contributed by atoms with Crippen LogP contribution in [0, 0.1) is 17.7 Å². The first-order valence-corrected chi connectivity index (χ1v) is 9.86. The maximum atomic E-state index is 13.1. The van der Waals surface area contributed by atoms with E-state index in [1.807, 2.05) is 0 Å². The normalized spacial score (nSPS) is 27.1. The number of halogens is 1. The molecule has 7 heteroatoms. The third-order valence-corrected chi connectivity index (χ3v) is 6.06. The predicted molar refractivity (Wildman–Crippen MR) is 104 cm³/mol. The number of urea groups is 1. The molecule has 0 aliphatic carbocycles. The highest BCUT2D eigenvalue weighted by Crippen LogP contribution is 2.33. The van der Waals surface area contributed by atoms with Gasteiger partial charge in [0.05, 0.1) is 12.6 Å². The van der Waals surface area contributed by atoms with Crippen molar-refractivity contribution >= 4 is 11.7 Å². The summed E-state index contributed by atoms with van der Waals surface area (Å²) in [7, 11) is 2.14. The molecule has 3 rings (SSSR count). The molecule has 2 N–H and O–H groups in total. The molecular formula is C20H31FN4O2. The van der Waals surface area contributed by atoms with Crippen molar-refractivity contribution in [1.29, 1.82) is 0 Å². The third kappa shape index (κ3) is 4.78. The van der Waals surface area contributed by atoms with Crippen LogP contribution < -0.4 is 5.32 Å². The highest BCUT2D eigenvalue weighted by Gasteiger charge is 2.43. The molecule has 2 aliphatic heterocycles. The molecule has 0 radical (unpaired) electrons. The van der Waals surface area contributed by atoms with Gasteiger partial charge in [0.25, 0.3) is 0 Å². The van der Waals surface area contributed by atoms with Crippen LogP contribution in [0.2, 0.25) is 0 Å². The first kappa shape index (κ1) is 20.0. The third-order valence-electron chi connectivity index (χ3n) is 6.06. The van der Waals surface area contributed by atoms with Crippen LogP contribution in [0.3, 0.4) is 0 Å². The zero-order valence-corrected chi connectivity index (χ0v) is 16.3.